The number of nitrogens with zero attached hydrogens (tertiary/aromatic N) is 3. The first kappa shape index (κ1) is 15.7. The van der Waals surface area contributed by atoms with E-state index < -0.39 is 0 Å². The normalized spacial score (nSPS) is 11.3. The van der Waals surface area contributed by atoms with Crippen LogP contribution >= 0.6 is 0 Å². The van der Waals surface area contributed by atoms with Crippen molar-refractivity contribution in [2.24, 2.45) is 5.10 Å². The maximum Gasteiger partial charge on any atom is 0.165 e. The molecule has 5 heteroatoms. The fourth-order valence-corrected chi connectivity index (χ4v) is 2.29. The van der Waals surface area contributed by atoms with Crippen LogP contribution in [0.4, 0.5) is 5.82 Å². The summed E-state index contributed by atoms with van der Waals surface area (Å²) in [4.78, 5) is 8.83. The molecule has 24 heavy (non-hydrogen) atoms. The molecule has 0 bridgehead atoms. The van der Waals surface area contributed by atoms with Gasteiger partial charge in [0.15, 0.2) is 11.6 Å². The third-order valence-corrected chi connectivity index (χ3v) is 3.53. The van der Waals surface area contributed by atoms with Crippen molar-refractivity contribution in [2.75, 3.05) is 5.43 Å². The lowest BCUT2D eigenvalue weighted by Gasteiger charge is -2.08. The second-order valence-corrected chi connectivity index (χ2v) is 5.41. The van der Waals surface area contributed by atoms with E-state index in [1.165, 1.54) is 0 Å². The van der Waals surface area contributed by atoms with Gasteiger partial charge < -0.3 is 5.11 Å². The smallest absolute Gasteiger partial charge is 0.165 e. The summed E-state index contributed by atoms with van der Waals surface area (Å²) in [6.45, 7) is 3.81. The highest BCUT2D eigenvalue weighted by Gasteiger charge is 2.08. The molecule has 0 radical (unpaired) electrons. The predicted octanol–water partition coefficient (Wildman–Crippen LogP) is 3.99. The van der Waals surface area contributed by atoms with Gasteiger partial charge >= 0.3 is 0 Å². The van der Waals surface area contributed by atoms with Gasteiger partial charge in [-0.05, 0) is 31.5 Å². The Bertz CT molecular complexity index is 876. The van der Waals surface area contributed by atoms with Crippen molar-refractivity contribution in [3.63, 3.8) is 0 Å². The lowest BCUT2D eigenvalue weighted by Crippen LogP contribution is -2.02. The quantitative estimate of drug-likeness (QED) is 0.563. The van der Waals surface area contributed by atoms with E-state index in [9.17, 15) is 5.11 Å². The van der Waals surface area contributed by atoms with E-state index in [1.54, 1.807) is 18.2 Å². The molecule has 0 atom stereocenters. The molecule has 0 saturated heterocycles. The van der Waals surface area contributed by atoms with Crippen molar-refractivity contribution in [2.45, 2.75) is 13.8 Å². The van der Waals surface area contributed by atoms with Crippen LogP contribution in [0.15, 0.2) is 65.8 Å². The number of phenols is 1. The number of hydrogen-bond acceptors (Lipinski definition) is 5. The van der Waals surface area contributed by atoms with Crippen LogP contribution in [0.3, 0.4) is 0 Å². The molecule has 1 aromatic heterocycles. The number of para-hydroxylation sites is 1. The SMILES string of the molecule is C/C(=N\Nc1cc(C)nc(-c2ccccc2O)n1)c1ccccc1. The number of hydrogen-bond donors (Lipinski definition) is 2. The Kier molecular flexibility index (Phi) is 4.52. The molecular weight excluding hydrogens is 300 g/mol. The van der Waals surface area contributed by atoms with Crippen LogP contribution in [0.2, 0.25) is 0 Å². The predicted molar refractivity (Wildman–Crippen MR) is 96.1 cm³/mol. The zero-order valence-corrected chi connectivity index (χ0v) is 13.6. The summed E-state index contributed by atoms with van der Waals surface area (Å²) in [5, 5.41) is 14.4. The molecular formula is C19H18N4O. The van der Waals surface area contributed by atoms with Gasteiger partial charge in [0.2, 0.25) is 0 Å². The van der Waals surface area contributed by atoms with Gasteiger partial charge in [-0.25, -0.2) is 9.97 Å². The Hall–Kier alpha value is -3.21. The fraction of sp³-hybridized carbons (Fsp3) is 0.105. The Labute approximate surface area is 140 Å². The monoisotopic (exact) mass is 318 g/mol. The van der Waals surface area contributed by atoms with E-state index in [0.717, 1.165) is 17.0 Å². The molecule has 0 fully saturated rings. The van der Waals surface area contributed by atoms with Crippen LogP contribution in [0.25, 0.3) is 11.4 Å². The average molecular weight is 318 g/mol. The molecule has 120 valence electrons. The van der Waals surface area contributed by atoms with E-state index in [-0.39, 0.29) is 5.75 Å². The maximum absolute atomic E-state index is 9.98. The van der Waals surface area contributed by atoms with Crippen molar-refractivity contribution in [1.29, 1.82) is 0 Å². The third kappa shape index (κ3) is 3.57. The first-order valence-electron chi connectivity index (χ1n) is 7.63. The minimum atomic E-state index is 0.151. The van der Waals surface area contributed by atoms with Gasteiger partial charge in [0.1, 0.15) is 5.75 Å². The number of aryl methyl sites for hydroxylation is 1. The van der Waals surface area contributed by atoms with E-state index >= 15 is 0 Å². The summed E-state index contributed by atoms with van der Waals surface area (Å²) in [7, 11) is 0. The van der Waals surface area contributed by atoms with Crippen molar-refractivity contribution < 1.29 is 5.11 Å². The van der Waals surface area contributed by atoms with E-state index in [0.29, 0.717) is 17.2 Å². The number of anilines is 1. The van der Waals surface area contributed by atoms with Crippen LogP contribution in [0.1, 0.15) is 18.2 Å². The zero-order chi connectivity index (χ0) is 16.9. The molecule has 3 rings (SSSR count). The fourth-order valence-electron chi connectivity index (χ4n) is 2.29. The summed E-state index contributed by atoms with van der Waals surface area (Å²) < 4.78 is 0. The number of nitrogens with one attached hydrogen (secondary N) is 1. The summed E-state index contributed by atoms with van der Waals surface area (Å²) in [6, 6.07) is 18.7. The average Bonchev–Trinajstić information content (AvgIpc) is 2.60. The molecule has 0 saturated carbocycles. The van der Waals surface area contributed by atoms with Crippen LogP contribution in [-0.2, 0) is 0 Å². The van der Waals surface area contributed by atoms with E-state index in [1.807, 2.05) is 56.3 Å². The van der Waals surface area contributed by atoms with Crippen molar-refractivity contribution >= 4 is 11.5 Å². The van der Waals surface area contributed by atoms with E-state index in [4.69, 9.17) is 0 Å². The summed E-state index contributed by atoms with van der Waals surface area (Å²) in [6.07, 6.45) is 0. The van der Waals surface area contributed by atoms with Gasteiger partial charge in [0, 0.05) is 11.8 Å². The first-order valence-corrected chi connectivity index (χ1v) is 7.63. The number of hydrazone groups is 1. The summed E-state index contributed by atoms with van der Waals surface area (Å²) >= 11 is 0. The van der Waals surface area contributed by atoms with Crippen LogP contribution in [0.5, 0.6) is 5.75 Å². The molecule has 0 spiro atoms. The Morgan fingerprint density at radius 2 is 1.71 bits per heavy atom. The highest BCUT2D eigenvalue weighted by atomic mass is 16.3. The molecule has 5 nitrogen and oxygen atoms in total. The van der Waals surface area contributed by atoms with Gasteiger partial charge in [-0.1, -0.05) is 42.5 Å². The zero-order valence-electron chi connectivity index (χ0n) is 13.6. The lowest BCUT2D eigenvalue weighted by atomic mass is 10.1. The second-order valence-electron chi connectivity index (χ2n) is 5.41. The van der Waals surface area contributed by atoms with Gasteiger partial charge in [-0.2, -0.15) is 5.10 Å². The topological polar surface area (TPSA) is 70.4 Å². The molecule has 0 aliphatic carbocycles. The van der Waals surface area contributed by atoms with Crippen LogP contribution < -0.4 is 5.43 Å². The number of rotatable bonds is 4. The summed E-state index contributed by atoms with van der Waals surface area (Å²) in [5.41, 5.74) is 6.25. The molecule has 3 aromatic rings. The maximum atomic E-state index is 9.98. The first-order chi connectivity index (χ1) is 11.6. The molecule has 2 N–H and O–H groups in total. The summed E-state index contributed by atoms with van der Waals surface area (Å²) in [5.74, 6) is 1.19. The van der Waals surface area contributed by atoms with Gasteiger partial charge in [0.05, 0.1) is 11.3 Å². The largest absolute Gasteiger partial charge is 0.507 e. The molecule has 0 aliphatic rings. The van der Waals surface area contributed by atoms with Crippen LogP contribution in [0, 0.1) is 6.92 Å². The third-order valence-electron chi connectivity index (χ3n) is 3.53. The highest BCUT2D eigenvalue weighted by Crippen LogP contribution is 2.26. The minimum absolute atomic E-state index is 0.151. The molecule has 0 aliphatic heterocycles. The lowest BCUT2D eigenvalue weighted by molar-refractivity contribution is 0.477. The van der Waals surface area contributed by atoms with E-state index in [2.05, 4.69) is 20.5 Å². The number of benzene rings is 2. The standard InChI is InChI=1S/C19H18N4O/c1-13-12-18(23-22-14(2)15-8-4-3-5-9-15)21-19(20-13)16-10-6-7-11-17(16)24/h3-12,24H,1-2H3,(H,20,21,23)/b22-14+. The van der Waals surface area contributed by atoms with Crippen molar-refractivity contribution in [3.8, 4) is 17.1 Å². The Morgan fingerprint density at radius 3 is 2.46 bits per heavy atom. The van der Waals surface area contributed by atoms with Gasteiger partial charge in [-0.15, -0.1) is 0 Å². The minimum Gasteiger partial charge on any atom is -0.507 e. The van der Waals surface area contributed by atoms with Gasteiger partial charge in [-0.3, -0.25) is 5.43 Å². The molecule has 0 unspecified atom stereocenters. The van der Waals surface area contributed by atoms with Crippen LogP contribution in [-0.4, -0.2) is 20.8 Å². The molecule has 2 aromatic carbocycles. The number of aromatic hydroxyl groups is 1. The molecule has 1 heterocycles. The molecule has 0 amide bonds. The Balaban J connectivity index is 1.89. The second kappa shape index (κ2) is 6.91. The Morgan fingerprint density at radius 1 is 1.00 bits per heavy atom. The van der Waals surface area contributed by atoms with Crippen molar-refractivity contribution in [3.05, 3.63) is 71.9 Å². The highest BCUT2D eigenvalue weighted by molar-refractivity contribution is 5.98. The number of phenolic OH excluding ortho intramolecular Hbond substituents is 1. The van der Waals surface area contributed by atoms with Gasteiger partial charge in [0.25, 0.3) is 0 Å². The van der Waals surface area contributed by atoms with Crippen molar-refractivity contribution in [1.82, 2.24) is 9.97 Å². The number of aromatic nitrogens is 2.